The van der Waals surface area contributed by atoms with Gasteiger partial charge in [0.1, 0.15) is 11.1 Å². The molecule has 1 heterocycles. The van der Waals surface area contributed by atoms with Gasteiger partial charge in [-0.25, -0.2) is 8.42 Å². The molecular formula is C21H16ClF3N2O2S. The number of fused-ring (bicyclic) bond motifs is 1. The highest BCUT2D eigenvalue weighted by Gasteiger charge is 2.40. The Labute approximate surface area is 177 Å². The molecule has 1 unspecified atom stereocenters. The molecule has 0 bridgehead atoms. The van der Waals surface area contributed by atoms with E-state index in [0.717, 1.165) is 16.4 Å². The van der Waals surface area contributed by atoms with Gasteiger partial charge < -0.3 is 5.32 Å². The quantitative estimate of drug-likeness (QED) is 0.556. The number of benzene rings is 3. The molecule has 9 heteroatoms. The van der Waals surface area contributed by atoms with Crippen LogP contribution in [-0.4, -0.2) is 12.7 Å². The average Bonchev–Trinajstić information content (AvgIpc) is 2.70. The molecule has 1 aliphatic heterocycles. The SMILES string of the molecule is O=S1(=O)c2ccccc2NC(c2ccccc2Cl)N1Cc1cccc(C(F)(F)F)c1. The fourth-order valence-electron chi connectivity index (χ4n) is 3.43. The number of anilines is 1. The van der Waals surface area contributed by atoms with Gasteiger partial charge in [-0.3, -0.25) is 0 Å². The monoisotopic (exact) mass is 452 g/mol. The van der Waals surface area contributed by atoms with Gasteiger partial charge in [-0.1, -0.05) is 60.1 Å². The number of para-hydroxylation sites is 1. The Hall–Kier alpha value is -2.55. The van der Waals surface area contributed by atoms with Gasteiger partial charge in [0.2, 0.25) is 10.0 Å². The predicted molar refractivity (Wildman–Crippen MR) is 108 cm³/mol. The molecule has 156 valence electrons. The van der Waals surface area contributed by atoms with E-state index >= 15 is 0 Å². The maximum atomic E-state index is 13.4. The Balaban J connectivity index is 1.83. The van der Waals surface area contributed by atoms with E-state index in [0.29, 0.717) is 16.3 Å². The van der Waals surface area contributed by atoms with Crippen molar-refractivity contribution >= 4 is 27.3 Å². The molecule has 4 rings (SSSR count). The molecule has 0 radical (unpaired) electrons. The highest BCUT2D eigenvalue weighted by molar-refractivity contribution is 7.89. The molecule has 0 spiro atoms. The molecule has 0 amide bonds. The third kappa shape index (κ3) is 3.78. The zero-order chi connectivity index (χ0) is 21.5. The summed E-state index contributed by atoms with van der Waals surface area (Å²) in [5.41, 5.74) is 0.288. The Morgan fingerprint density at radius 3 is 2.40 bits per heavy atom. The summed E-state index contributed by atoms with van der Waals surface area (Å²) in [6.07, 6.45) is -5.41. The Morgan fingerprint density at radius 1 is 0.967 bits per heavy atom. The van der Waals surface area contributed by atoms with Gasteiger partial charge in [0.05, 0.1) is 11.3 Å². The number of rotatable bonds is 3. The summed E-state index contributed by atoms with van der Waals surface area (Å²) in [5.74, 6) is 0. The molecular weight excluding hydrogens is 437 g/mol. The van der Waals surface area contributed by atoms with Crippen LogP contribution < -0.4 is 5.32 Å². The van der Waals surface area contributed by atoms with Crippen LogP contribution in [0.2, 0.25) is 5.02 Å². The van der Waals surface area contributed by atoms with Crippen molar-refractivity contribution in [2.75, 3.05) is 5.32 Å². The number of nitrogens with one attached hydrogen (secondary N) is 1. The van der Waals surface area contributed by atoms with Crippen molar-refractivity contribution in [1.29, 1.82) is 0 Å². The molecule has 4 nitrogen and oxygen atoms in total. The first-order valence-corrected chi connectivity index (χ1v) is 10.8. The molecule has 1 aliphatic rings. The third-order valence-corrected chi connectivity index (χ3v) is 7.06. The number of hydrogen-bond donors (Lipinski definition) is 1. The normalized spacial score (nSPS) is 18.5. The summed E-state index contributed by atoms with van der Waals surface area (Å²) in [6.45, 7) is -0.260. The summed E-state index contributed by atoms with van der Waals surface area (Å²) in [4.78, 5) is 0.0558. The molecule has 0 aromatic heterocycles. The van der Waals surface area contributed by atoms with Crippen LogP contribution in [0.5, 0.6) is 0 Å². The van der Waals surface area contributed by atoms with Crippen molar-refractivity contribution < 1.29 is 21.6 Å². The Morgan fingerprint density at radius 2 is 1.67 bits per heavy atom. The third-order valence-electron chi connectivity index (χ3n) is 4.85. The van der Waals surface area contributed by atoms with E-state index in [1.54, 1.807) is 42.5 Å². The van der Waals surface area contributed by atoms with Gasteiger partial charge in [-0.15, -0.1) is 0 Å². The zero-order valence-corrected chi connectivity index (χ0v) is 17.0. The van der Waals surface area contributed by atoms with Crippen molar-refractivity contribution in [2.45, 2.75) is 23.8 Å². The topological polar surface area (TPSA) is 49.4 Å². The van der Waals surface area contributed by atoms with E-state index in [9.17, 15) is 21.6 Å². The fourth-order valence-corrected chi connectivity index (χ4v) is 5.34. The molecule has 0 saturated heterocycles. The minimum atomic E-state index is -4.52. The minimum Gasteiger partial charge on any atom is -0.364 e. The lowest BCUT2D eigenvalue weighted by molar-refractivity contribution is -0.137. The lowest BCUT2D eigenvalue weighted by atomic mass is 10.1. The zero-order valence-electron chi connectivity index (χ0n) is 15.4. The summed E-state index contributed by atoms with van der Waals surface area (Å²) < 4.78 is 67.3. The second-order valence-electron chi connectivity index (χ2n) is 6.81. The Bertz CT molecular complexity index is 1200. The van der Waals surface area contributed by atoms with E-state index in [4.69, 9.17) is 11.6 Å². The van der Waals surface area contributed by atoms with Crippen LogP contribution in [0.4, 0.5) is 18.9 Å². The average molecular weight is 453 g/mol. The maximum absolute atomic E-state index is 13.4. The summed E-state index contributed by atoms with van der Waals surface area (Å²) >= 11 is 6.32. The van der Waals surface area contributed by atoms with Crippen LogP contribution in [0.15, 0.2) is 77.7 Å². The van der Waals surface area contributed by atoms with Gasteiger partial charge in [0.25, 0.3) is 0 Å². The van der Waals surface area contributed by atoms with Gasteiger partial charge in [0, 0.05) is 17.1 Å². The molecule has 30 heavy (non-hydrogen) atoms. The molecule has 0 aliphatic carbocycles. The minimum absolute atomic E-state index is 0.0558. The molecule has 3 aromatic rings. The second kappa shape index (κ2) is 7.61. The van der Waals surface area contributed by atoms with Crippen molar-refractivity contribution in [3.63, 3.8) is 0 Å². The first-order valence-electron chi connectivity index (χ1n) is 8.96. The van der Waals surface area contributed by atoms with Crippen molar-refractivity contribution in [3.8, 4) is 0 Å². The van der Waals surface area contributed by atoms with E-state index in [1.165, 1.54) is 18.2 Å². The summed E-state index contributed by atoms with van der Waals surface area (Å²) in [7, 11) is -4.01. The molecule has 3 aromatic carbocycles. The first kappa shape index (κ1) is 20.7. The highest BCUT2D eigenvalue weighted by atomic mass is 35.5. The number of hydrogen-bond acceptors (Lipinski definition) is 3. The van der Waals surface area contributed by atoms with Gasteiger partial charge in [0.15, 0.2) is 0 Å². The maximum Gasteiger partial charge on any atom is 0.416 e. The predicted octanol–water partition coefficient (Wildman–Crippen LogP) is 5.67. The first-order chi connectivity index (χ1) is 14.2. The van der Waals surface area contributed by atoms with Crippen LogP contribution in [0.25, 0.3) is 0 Å². The summed E-state index contributed by atoms with van der Waals surface area (Å²) in [6, 6.07) is 17.8. The molecule has 1 atom stereocenters. The fraction of sp³-hybridized carbons (Fsp3) is 0.143. The van der Waals surface area contributed by atoms with Crippen LogP contribution in [0.3, 0.4) is 0 Å². The van der Waals surface area contributed by atoms with Crippen LogP contribution in [0.1, 0.15) is 22.9 Å². The van der Waals surface area contributed by atoms with Crippen molar-refractivity contribution in [3.05, 3.63) is 94.5 Å². The lowest BCUT2D eigenvalue weighted by Gasteiger charge is -2.37. The van der Waals surface area contributed by atoms with Gasteiger partial charge >= 0.3 is 6.18 Å². The molecule has 0 fully saturated rings. The Kier molecular flexibility index (Phi) is 5.25. The lowest BCUT2D eigenvalue weighted by Crippen LogP contribution is -2.42. The van der Waals surface area contributed by atoms with Gasteiger partial charge in [-0.2, -0.15) is 17.5 Å². The number of sulfonamides is 1. The van der Waals surface area contributed by atoms with Gasteiger partial charge in [-0.05, 0) is 29.8 Å². The van der Waals surface area contributed by atoms with Crippen molar-refractivity contribution in [2.24, 2.45) is 0 Å². The summed E-state index contributed by atoms with van der Waals surface area (Å²) in [5, 5.41) is 3.51. The van der Waals surface area contributed by atoms with E-state index in [1.807, 2.05) is 0 Å². The smallest absolute Gasteiger partial charge is 0.364 e. The molecule has 0 saturated carbocycles. The largest absolute Gasteiger partial charge is 0.416 e. The van der Waals surface area contributed by atoms with Crippen LogP contribution >= 0.6 is 11.6 Å². The van der Waals surface area contributed by atoms with E-state index < -0.39 is 27.9 Å². The second-order valence-corrected chi connectivity index (χ2v) is 9.08. The standard InChI is InChI=1S/C21H16ClF3N2O2S/c22-17-9-2-1-8-16(17)20-26-18-10-3-4-11-19(18)30(28,29)27(20)13-14-6-5-7-15(12-14)21(23,24)25/h1-12,20,26H,13H2. The van der Waals surface area contributed by atoms with Crippen LogP contribution in [-0.2, 0) is 22.7 Å². The van der Waals surface area contributed by atoms with Crippen molar-refractivity contribution in [1.82, 2.24) is 4.31 Å². The van der Waals surface area contributed by atoms with E-state index in [2.05, 4.69) is 5.32 Å². The van der Waals surface area contributed by atoms with Crippen LogP contribution in [0, 0.1) is 0 Å². The molecule has 1 N–H and O–H groups in total. The number of alkyl halides is 3. The van der Waals surface area contributed by atoms with E-state index in [-0.39, 0.29) is 17.0 Å². The number of halogens is 4. The highest BCUT2D eigenvalue weighted by Crippen LogP contribution is 2.41. The number of nitrogens with zero attached hydrogens (tertiary/aromatic N) is 1.